The maximum absolute atomic E-state index is 13.3. The van der Waals surface area contributed by atoms with Crippen molar-refractivity contribution in [2.24, 2.45) is 0 Å². The first kappa shape index (κ1) is 37.9. The lowest BCUT2D eigenvalue weighted by atomic mass is 10.0. The van der Waals surface area contributed by atoms with Crippen molar-refractivity contribution < 1.29 is 19.2 Å². The second-order valence-electron chi connectivity index (χ2n) is 16.4. The Hall–Kier alpha value is -6.39. The molecular formula is C44H48N12O4. The number of carbonyl (C=O) groups excluding carboxylic acids is 4. The third-order valence-electron chi connectivity index (χ3n) is 12.6. The summed E-state index contributed by atoms with van der Waals surface area (Å²) in [6, 6.07) is 24.2. The van der Waals surface area contributed by atoms with Gasteiger partial charge >= 0.3 is 6.03 Å². The summed E-state index contributed by atoms with van der Waals surface area (Å²) in [7, 11) is 0. The van der Waals surface area contributed by atoms with Crippen molar-refractivity contribution >= 4 is 63.9 Å². The number of piperidine rings is 1. The third-order valence-corrected chi connectivity index (χ3v) is 12.6. The van der Waals surface area contributed by atoms with Crippen LogP contribution in [0.4, 0.5) is 33.8 Å². The van der Waals surface area contributed by atoms with E-state index in [1.54, 1.807) is 12.1 Å². The number of urea groups is 1. The van der Waals surface area contributed by atoms with Gasteiger partial charge in [-0.1, -0.05) is 37.1 Å². The molecule has 5 aromatic rings. The predicted octanol–water partition coefficient (Wildman–Crippen LogP) is 5.67. The summed E-state index contributed by atoms with van der Waals surface area (Å²) in [6.07, 6.45) is 8.68. The van der Waals surface area contributed by atoms with E-state index in [0.29, 0.717) is 30.1 Å². The van der Waals surface area contributed by atoms with Gasteiger partial charge in [-0.2, -0.15) is 9.99 Å². The van der Waals surface area contributed by atoms with Crippen LogP contribution in [0, 0.1) is 0 Å². The number of hydrazine groups is 1. The van der Waals surface area contributed by atoms with Crippen LogP contribution in [0.25, 0.3) is 11.2 Å². The van der Waals surface area contributed by atoms with Gasteiger partial charge in [0.15, 0.2) is 5.65 Å². The maximum Gasteiger partial charge on any atom is 0.343 e. The van der Waals surface area contributed by atoms with Crippen molar-refractivity contribution in [1.82, 2.24) is 44.7 Å². The molecule has 16 nitrogen and oxygen atoms in total. The Morgan fingerprint density at radius 2 is 1.43 bits per heavy atom. The number of para-hydroxylation sites is 1. The van der Waals surface area contributed by atoms with E-state index in [4.69, 9.17) is 9.97 Å². The number of imidazole rings is 1. The molecule has 5 amide bonds. The molecule has 0 bridgehead atoms. The van der Waals surface area contributed by atoms with Gasteiger partial charge in [0.25, 0.3) is 11.8 Å². The molecule has 3 saturated heterocycles. The number of aromatic nitrogens is 4. The normalized spacial score (nSPS) is 19.7. The van der Waals surface area contributed by atoms with Crippen molar-refractivity contribution in [2.75, 3.05) is 61.3 Å². The van der Waals surface area contributed by atoms with E-state index in [9.17, 15) is 19.2 Å². The number of fused-ring (bicyclic) bond motifs is 2. The lowest BCUT2D eigenvalue weighted by molar-refractivity contribution is -0.122. The zero-order chi connectivity index (χ0) is 40.7. The van der Waals surface area contributed by atoms with Crippen LogP contribution in [-0.2, 0) is 11.3 Å². The highest BCUT2D eigenvalue weighted by atomic mass is 16.2. The highest BCUT2D eigenvalue weighted by Crippen LogP contribution is 2.36. The van der Waals surface area contributed by atoms with Crippen LogP contribution in [0.1, 0.15) is 77.3 Å². The Morgan fingerprint density at radius 3 is 2.18 bits per heavy atom. The number of hydrogen-bond acceptors (Lipinski definition) is 12. The number of nitrogens with one attached hydrogen (secondary N) is 3. The van der Waals surface area contributed by atoms with Gasteiger partial charge in [-0.05, 0) is 79.8 Å². The Labute approximate surface area is 347 Å². The number of imide groups is 2. The van der Waals surface area contributed by atoms with Gasteiger partial charge in [0, 0.05) is 81.4 Å². The van der Waals surface area contributed by atoms with Crippen LogP contribution in [0.3, 0.4) is 0 Å². The van der Waals surface area contributed by atoms with Gasteiger partial charge in [-0.3, -0.25) is 34.1 Å². The molecule has 6 heterocycles. The molecule has 0 atom stereocenters. The van der Waals surface area contributed by atoms with E-state index in [2.05, 4.69) is 64.5 Å². The van der Waals surface area contributed by atoms with Crippen LogP contribution >= 0.6 is 0 Å². The molecule has 0 unspecified atom stereocenters. The van der Waals surface area contributed by atoms with Crippen molar-refractivity contribution in [3.63, 3.8) is 0 Å². The topological polar surface area (TPSA) is 164 Å². The quantitative estimate of drug-likeness (QED) is 0.149. The number of nitrogens with zero attached hydrogens (tertiary/aromatic N) is 9. The van der Waals surface area contributed by atoms with Gasteiger partial charge in [-0.15, -0.1) is 0 Å². The average molecular weight is 809 g/mol. The second-order valence-corrected chi connectivity index (χ2v) is 16.4. The number of carbonyl (C=O) groups is 4. The van der Waals surface area contributed by atoms with Crippen molar-refractivity contribution in [3.05, 3.63) is 95.7 Å². The van der Waals surface area contributed by atoms with Gasteiger partial charge in [0.1, 0.15) is 5.52 Å². The smallest absolute Gasteiger partial charge is 0.343 e. The molecule has 2 aromatic heterocycles. The minimum Gasteiger partial charge on any atom is -0.371 e. The minimum atomic E-state index is -0.761. The fraction of sp³-hybridized carbons (Fsp3) is 0.386. The number of piperazine rings is 1. The fourth-order valence-corrected chi connectivity index (χ4v) is 9.46. The number of amides is 5. The number of rotatable bonds is 10. The van der Waals surface area contributed by atoms with E-state index in [1.165, 1.54) is 18.5 Å². The molecule has 5 aliphatic rings. The molecule has 0 spiro atoms. The summed E-state index contributed by atoms with van der Waals surface area (Å²) in [5.74, 6) is -0.152. The van der Waals surface area contributed by atoms with Gasteiger partial charge < -0.3 is 15.5 Å². The highest BCUT2D eigenvalue weighted by Gasteiger charge is 2.43. The van der Waals surface area contributed by atoms with Crippen LogP contribution in [0.15, 0.2) is 79.0 Å². The molecule has 308 valence electrons. The average Bonchev–Trinajstić information content (AvgIpc) is 3.98. The van der Waals surface area contributed by atoms with Crippen LogP contribution in [0.5, 0.6) is 0 Å². The first-order valence-electron chi connectivity index (χ1n) is 21.1. The van der Waals surface area contributed by atoms with E-state index in [-0.39, 0.29) is 18.5 Å². The molecule has 4 aliphatic heterocycles. The lowest BCUT2D eigenvalue weighted by Crippen LogP contribution is -2.58. The predicted molar refractivity (Wildman–Crippen MR) is 226 cm³/mol. The molecule has 1 saturated carbocycles. The Balaban J connectivity index is 0.715. The standard InChI is InChI=1S/C44H48N12O4/c57-38-18-21-54(44(60)49-38)56-40(58)35-15-10-29(26-36(35)41(56)59)28-51-22-24-53(25-23-51)33-16-19-52(20-17-33)32-13-11-31(12-14-32)46-42-45-27-37-39(50-42)55(34-8-4-5-9-34)43(48-37)47-30-6-2-1-3-7-30/h1-3,6-7,10-15,26-27,33-34H,4-5,8-9,16-25,28H2,(H,47,48)(H,45,46,50)(H,49,57,60). The molecule has 10 rings (SSSR count). The molecule has 60 heavy (non-hydrogen) atoms. The van der Waals surface area contributed by atoms with Crippen molar-refractivity contribution in [1.29, 1.82) is 0 Å². The van der Waals surface area contributed by atoms with Gasteiger partial charge in [0.2, 0.25) is 17.8 Å². The zero-order valence-corrected chi connectivity index (χ0v) is 33.4. The summed E-state index contributed by atoms with van der Waals surface area (Å²) in [4.78, 5) is 72.3. The molecule has 16 heteroatoms. The van der Waals surface area contributed by atoms with Gasteiger partial charge in [-0.25, -0.2) is 19.8 Å². The first-order chi connectivity index (χ1) is 29.3. The van der Waals surface area contributed by atoms with E-state index in [1.807, 2.05) is 42.6 Å². The summed E-state index contributed by atoms with van der Waals surface area (Å²) in [5.41, 5.74) is 6.28. The Bertz CT molecular complexity index is 2430. The SMILES string of the molecule is O=C1CCN(N2C(=O)c3ccc(CN4CCN(C5CCN(c6ccc(Nc7ncc8nc(Nc9ccccc9)n(C9CCCC9)c8n7)cc6)CC5)CC4)cc3C2=O)C(=O)N1. The Kier molecular flexibility index (Phi) is 10.1. The molecule has 4 fully saturated rings. The number of benzene rings is 3. The van der Waals surface area contributed by atoms with Gasteiger partial charge in [0.05, 0.1) is 23.9 Å². The van der Waals surface area contributed by atoms with Crippen LogP contribution < -0.4 is 20.9 Å². The third kappa shape index (κ3) is 7.41. The monoisotopic (exact) mass is 808 g/mol. The number of hydrogen-bond donors (Lipinski definition) is 3. The molecule has 0 radical (unpaired) electrons. The second kappa shape index (κ2) is 16.0. The van der Waals surface area contributed by atoms with Crippen molar-refractivity contribution in [2.45, 2.75) is 63.6 Å². The van der Waals surface area contributed by atoms with Crippen molar-refractivity contribution in [3.8, 4) is 0 Å². The molecule has 1 aliphatic carbocycles. The molecular weight excluding hydrogens is 761 g/mol. The lowest BCUT2D eigenvalue weighted by Gasteiger charge is -2.43. The fourth-order valence-electron chi connectivity index (χ4n) is 9.46. The van der Waals surface area contributed by atoms with Crippen LogP contribution in [-0.4, -0.2) is 115 Å². The van der Waals surface area contributed by atoms with Crippen LogP contribution in [0.2, 0.25) is 0 Å². The summed E-state index contributed by atoms with van der Waals surface area (Å²) in [5, 5.41) is 11.0. The highest BCUT2D eigenvalue weighted by molar-refractivity contribution is 6.22. The Morgan fingerprint density at radius 1 is 0.700 bits per heavy atom. The minimum absolute atomic E-state index is 0.0177. The summed E-state index contributed by atoms with van der Waals surface area (Å²) < 4.78 is 2.26. The summed E-state index contributed by atoms with van der Waals surface area (Å²) in [6.45, 7) is 6.43. The largest absolute Gasteiger partial charge is 0.371 e. The van der Waals surface area contributed by atoms with E-state index in [0.717, 1.165) is 109 Å². The zero-order valence-electron chi connectivity index (χ0n) is 33.4. The molecule has 3 N–H and O–H groups in total. The van der Waals surface area contributed by atoms with E-state index >= 15 is 0 Å². The maximum atomic E-state index is 13.3. The molecule has 3 aromatic carbocycles. The number of anilines is 5. The first-order valence-corrected chi connectivity index (χ1v) is 21.1. The van der Waals surface area contributed by atoms with E-state index < -0.39 is 23.8 Å². The summed E-state index contributed by atoms with van der Waals surface area (Å²) >= 11 is 0.